The Bertz CT molecular complexity index is 475. The van der Waals surface area contributed by atoms with Crippen molar-refractivity contribution in [2.24, 2.45) is 0 Å². The zero-order valence-electron chi connectivity index (χ0n) is 11.6. The third-order valence-corrected chi connectivity index (χ3v) is 4.96. The van der Waals surface area contributed by atoms with Crippen molar-refractivity contribution in [2.45, 2.75) is 19.3 Å². The average Bonchev–Trinajstić information content (AvgIpc) is 3.01. The summed E-state index contributed by atoms with van der Waals surface area (Å²) in [4.78, 5) is 21.7. The molecule has 2 aliphatic heterocycles. The van der Waals surface area contributed by atoms with Crippen molar-refractivity contribution < 1.29 is 4.79 Å². The molecule has 2 saturated heterocycles. The molecule has 20 heavy (non-hydrogen) atoms. The van der Waals surface area contributed by atoms with Crippen LogP contribution in [0.5, 0.6) is 0 Å². The Balaban J connectivity index is 1.76. The van der Waals surface area contributed by atoms with Crippen molar-refractivity contribution in [3.63, 3.8) is 0 Å². The summed E-state index contributed by atoms with van der Waals surface area (Å²) in [6.45, 7) is 5.41. The van der Waals surface area contributed by atoms with Gasteiger partial charge in [-0.1, -0.05) is 11.3 Å². The summed E-state index contributed by atoms with van der Waals surface area (Å²) in [6.07, 6.45) is 3.38. The molecule has 6 nitrogen and oxygen atoms in total. The molecule has 0 bridgehead atoms. The minimum Gasteiger partial charge on any atom is -0.382 e. The summed E-state index contributed by atoms with van der Waals surface area (Å²) in [6, 6.07) is 0. The van der Waals surface area contributed by atoms with Crippen molar-refractivity contribution in [1.82, 2.24) is 15.2 Å². The van der Waals surface area contributed by atoms with Crippen molar-refractivity contribution in [3.8, 4) is 0 Å². The van der Waals surface area contributed by atoms with Crippen LogP contribution in [0.2, 0.25) is 0 Å². The molecule has 7 heteroatoms. The second-order valence-electron chi connectivity index (χ2n) is 5.30. The van der Waals surface area contributed by atoms with Crippen LogP contribution >= 0.6 is 11.3 Å². The van der Waals surface area contributed by atoms with Crippen LogP contribution in [0.15, 0.2) is 0 Å². The number of carbonyl (C=O) groups is 1. The van der Waals surface area contributed by atoms with E-state index in [4.69, 9.17) is 5.73 Å². The van der Waals surface area contributed by atoms with E-state index in [0.29, 0.717) is 10.7 Å². The van der Waals surface area contributed by atoms with Gasteiger partial charge in [0.05, 0.1) is 0 Å². The predicted octanol–water partition coefficient (Wildman–Crippen LogP) is 0.761. The van der Waals surface area contributed by atoms with E-state index in [-0.39, 0.29) is 5.91 Å². The molecule has 0 spiro atoms. The van der Waals surface area contributed by atoms with Gasteiger partial charge in [0.25, 0.3) is 5.91 Å². The van der Waals surface area contributed by atoms with Crippen molar-refractivity contribution >= 4 is 28.2 Å². The number of anilines is 2. The molecule has 2 fully saturated rings. The van der Waals surface area contributed by atoms with Crippen molar-refractivity contribution in [1.29, 1.82) is 0 Å². The van der Waals surface area contributed by atoms with Gasteiger partial charge in [-0.15, -0.1) is 0 Å². The smallest absolute Gasteiger partial charge is 0.267 e. The summed E-state index contributed by atoms with van der Waals surface area (Å²) < 4.78 is 0. The van der Waals surface area contributed by atoms with Crippen LogP contribution in [0.3, 0.4) is 0 Å². The quantitative estimate of drug-likeness (QED) is 0.842. The number of hydrogen-bond donors (Lipinski definition) is 2. The number of carbonyl (C=O) groups excluding carboxylic acids is 1. The third kappa shape index (κ3) is 2.73. The fourth-order valence-corrected chi connectivity index (χ4v) is 3.71. The van der Waals surface area contributed by atoms with E-state index in [0.717, 1.165) is 50.8 Å². The number of nitrogens with one attached hydrogen (secondary N) is 1. The largest absolute Gasteiger partial charge is 0.382 e. The van der Waals surface area contributed by atoms with Crippen LogP contribution in [0, 0.1) is 0 Å². The topological polar surface area (TPSA) is 74.5 Å². The number of nitrogens with two attached hydrogens (primary N) is 1. The molecule has 1 amide bonds. The Morgan fingerprint density at radius 1 is 1.15 bits per heavy atom. The molecule has 1 aromatic rings. The predicted molar refractivity (Wildman–Crippen MR) is 81.4 cm³/mol. The number of thiazole rings is 1. The summed E-state index contributed by atoms with van der Waals surface area (Å²) in [5.41, 5.74) is 5.97. The van der Waals surface area contributed by atoms with Crippen LogP contribution in [0.1, 0.15) is 28.9 Å². The average molecular weight is 295 g/mol. The van der Waals surface area contributed by atoms with Gasteiger partial charge in [0.1, 0.15) is 10.7 Å². The van der Waals surface area contributed by atoms with Crippen LogP contribution in [-0.2, 0) is 0 Å². The highest BCUT2D eigenvalue weighted by Gasteiger charge is 2.25. The van der Waals surface area contributed by atoms with Gasteiger partial charge in [-0.05, 0) is 25.8 Å². The molecule has 3 heterocycles. The normalized spacial score (nSPS) is 20.2. The molecular formula is C13H21N5OS. The van der Waals surface area contributed by atoms with E-state index < -0.39 is 0 Å². The lowest BCUT2D eigenvalue weighted by Crippen LogP contribution is -2.34. The Hall–Kier alpha value is -1.34. The highest BCUT2D eigenvalue weighted by atomic mass is 32.1. The van der Waals surface area contributed by atoms with Crippen LogP contribution < -0.4 is 16.0 Å². The van der Waals surface area contributed by atoms with Gasteiger partial charge >= 0.3 is 0 Å². The summed E-state index contributed by atoms with van der Waals surface area (Å²) in [5, 5.41) is 4.20. The molecule has 1 aromatic heterocycles. The molecule has 110 valence electrons. The van der Waals surface area contributed by atoms with Crippen LogP contribution in [-0.4, -0.2) is 55.1 Å². The molecule has 0 saturated carbocycles. The van der Waals surface area contributed by atoms with Gasteiger partial charge in [-0.3, -0.25) is 4.79 Å². The van der Waals surface area contributed by atoms with E-state index >= 15 is 0 Å². The van der Waals surface area contributed by atoms with E-state index in [1.807, 2.05) is 4.90 Å². The first-order valence-electron chi connectivity index (χ1n) is 7.27. The molecule has 3 N–H and O–H groups in total. The second kappa shape index (κ2) is 5.97. The number of aromatic nitrogens is 1. The SMILES string of the molecule is Nc1nc(N2CCCC2)sc1C(=O)N1CCCNCC1. The first-order chi connectivity index (χ1) is 9.75. The van der Waals surface area contributed by atoms with Gasteiger partial charge in [-0.2, -0.15) is 0 Å². The Morgan fingerprint density at radius 2 is 1.95 bits per heavy atom. The van der Waals surface area contributed by atoms with Gasteiger partial charge in [0.2, 0.25) is 0 Å². The lowest BCUT2D eigenvalue weighted by Gasteiger charge is -2.19. The minimum absolute atomic E-state index is 0.0362. The molecule has 2 aliphatic rings. The van der Waals surface area contributed by atoms with E-state index in [1.54, 1.807) is 0 Å². The molecule has 0 aromatic carbocycles. The van der Waals surface area contributed by atoms with Crippen molar-refractivity contribution in [3.05, 3.63) is 4.88 Å². The van der Waals surface area contributed by atoms with E-state index in [1.165, 1.54) is 24.2 Å². The Morgan fingerprint density at radius 3 is 2.75 bits per heavy atom. The lowest BCUT2D eigenvalue weighted by atomic mass is 10.3. The van der Waals surface area contributed by atoms with Gasteiger partial charge in [0, 0.05) is 32.7 Å². The number of amides is 1. The van der Waals surface area contributed by atoms with Crippen LogP contribution in [0.25, 0.3) is 0 Å². The lowest BCUT2D eigenvalue weighted by molar-refractivity contribution is 0.0772. The number of nitrogens with zero attached hydrogens (tertiary/aromatic N) is 3. The van der Waals surface area contributed by atoms with Gasteiger partial charge < -0.3 is 20.9 Å². The number of hydrogen-bond acceptors (Lipinski definition) is 6. The molecule has 0 radical (unpaired) electrons. The standard InChI is InChI=1S/C13H21N5OS/c14-11-10(12(19)17-8-3-4-15-5-9-17)20-13(16-11)18-6-1-2-7-18/h15H,1-9,14H2. The third-order valence-electron chi connectivity index (χ3n) is 3.84. The summed E-state index contributed by atoms with van der Waals surface area (Å²) in [5.74, 6) is 0.424. The minimum atomic E-state index is 0.0362. The highest BCUT2D eigenvalue weighted by molar-refractivity contribution is 7.18. The maximum atomic E-state index is 12.6. The van der Waals surface area contributed by atoms with E-state index in [2.05, 4.69) is 15.2 Å². The maximum absolute atomic E-state index is 12.6. The monoisotopic (exact) mass is 295 g/mol. The van der Waals surface area contributed by atoms with Crippen LogP contribution in [0.4, 0.5) is 10.9 Å². The molecule has 0 atom stereocenters. The highest BCUT2D eigenvalue weighted by Crippen LogP contribution is 2.31. The Labute approximate surface area is 123 Å². The van der Waals surface area contributed by atoms with Crippen molar-refractivity contribution in [2.75, 3.05) is 49.9 Å². The molecule has 0 aliphatic carbocycles. The molecule has 0 unspecified atom stereocenters. The second-order valence-corrected chi connectivity index (χ2v) is 6.28. The zero-order chi connectivity index (χ0) is 13.9. The Kier molecular flexibility index (Phi) is 4.07. The van der Waals surface area contributed by atoms with E-state index in [9.17, 15) is 4.79 Å². The first-order valence-corrected chi connectivity index (χ1v) is 8.08. The number of rotatable bonds is 2. The first kappa shape index (κ1) is 13.6. The zero-order valence-corrected chi connectivity index (χ0v) is 12.4. The fourth-order valence-electron chi connectivity index (χ4n) is 2.71. The molecular weight excluding hydrogens is 274 g/mol. The van der Waals surface area contributed by atoms with Gasteiger partial charge in [0.15, 0.2) is 5.13 Å². The summed E-state index contributed by atoms with van der Waals surface area (Å²) in [7, 11) is 0. The summed E-state index contributed by atoms with van der Waals surface area (Å²) >= 11 is 1.44. The number of nitrogen functional groups attached to an aromatic ring is 1. The molecule has 3 rings (SSSR count). The maximum Gasteiger partial charge on any atom is 0.267 e. The van der Waals surface area contributed by atoms with Gasteiger partial charge in [-0.25, -0.2) is 4.98 Å². The fraction of sp³-hybridized carbons (Fsp3) is 0.692.